The lowest BCUT2D eigenvalue weighted by molar-refractivity contribution is 0.0865. The highest BCUT2D eigenvalue weighted by molar-refractivity contribution is 5.86. The monoisotopic (exact) mass is 213 g/mol. The van der Waals surface area contributed by atoms with E-state index in [0.29, 0.717) is 0 Å². The zero-order chi connectivity index (χ0) is 11.0. The predicted molar refractivity (Wildman–Crippen MR) is 58.9 cm³/mol. The summed E-state index contributed by atoms with van der Waals surface area (Å²) >= 11 is 0. The van der Waals surface area contributed by atoms with Gasteiger partial charge in [0.15, 0.2) is 0 Å². The average molecular weight is 213 g/mol. The maximum atomic E-state index is 12.1. The fourth-order valence-electron chi connectivity index (χ4n) is 2.06. The highest BCUT2D eigenvalue weighted by Crippen LogP contribution is 2.25. The third-order valence-corrected chi connectivity index (χ3v) is 2.87. The molecule has 1 unspecified atom stereocenters. The number of hydrogen-bond donors (Lipinski definition) is 1. The summed E-state index contributed by atoms with van der Waals surface area (Å²) in [5.41, 5.74) is 2.27. The summed E-state index contributed by atoms with van der Waals surface area (Å²) in [4.78, 5) is 16.0. The lowest BCUT2D eigenvalue weighted by atomic mass is 10.0. The number of hydrogen-bond acceptors (Lipinski definition) is 3. The van der Waals surface area contributed by atoms with Crippen LogP contribution < -0.4 is 5.32 Å². The summed E-state index contributed by atoms with van der Waals surface area (Å²) in [5, 5.41) is 3.21. The van der Waals surface area contributed by atoms with Gasteiger partial charge in [0.1, 0.15) is 12.4 Å². The van der Waals surface area contributed by atoms with Crippen molar-refractivity contribution < 1.29 is 4.79 Å². The SMILES string of the molecule is O=C(C1NCc2ccccc21)n1ccnc1. The molecule has 1 aromatic heterocycles. The molecular weight excluding hydrogens is 202 g/mol. The molecule has 2 aromatic rings. The number of benzene rings is 1. The lowest BCUT2D eigenvalue weighted by Crippen LogP contribution is -2.26. The van der Waals surface area contributed by atoms with E-state index < -0.39 is 0 Å². The van der Waals surface area contributed by atoms with Crippen LogP contribution in [0.4, 0.5) is 0 Å². The first-order valence-electron chi connectivity index (χ1n) is 5.19. The van der Waals surface area contributed by atoms with Crippen LogP contribution in [0.25, 0.3) is 0 Å². The van der Waals surface area contributed by atoms with E-state index in [0.717, 1.165) is 12.1 Å². The van der Waals surface area contributed by atoms with Crippen LogP contribution in [0.3, 0.4) is 0 Å². The maximum absolute atomic E-state index is 12.1. The minimum Gasteiger partial charge on any atom is -0.298 e. The van der Waals surface area contributed by atoms with E-state index in [9.17, 15) is 4.79 Å². The Labute approximate surface area is 92.9 Å². The van der Waals surface area contributed by atoms with Gasteiger partial charge in [-0.05, 0) is 11.1 Å². The molecule has 2 heterocycles. The number of carbonyl (C=O) groups is 1. The Balaban J connectivity index is 1.96. The van der Waals surface area contributed by atoms with Gasteiger partial charge in [-0.1, -0.05) is 24.3 Å². The molecule has 1 N–H and O–H groups in total. The van der Waals surface area contributed by atoms with Crippen molar-refractivity contribution in [3.63, 3.8) is 0 Å². The molecule has 1 aliphatic heterocycles. The Hall–Kier alpha value is -1.94. The molecule has 0 amide bonds. The summed E-state index contributed by atoms with van der Waals surface area (Å²) in [6.07, 6.45) is 4.81. The Kier molecular flexibility index (Phi) is 2.08. The van der Waals surface area contributed by atoms with Gasteiger partial charge in [-0.15, -0.1) is 0 Å². The zero-order valence-corrected chi connectivity index (χ0v) is 8.63. The van der Waals surface area contributed by atoms with Gasteiger partial charge in [-0.2, -0.15) is 0 Å². The second-order valence-corrected chi connectivity index (χ2v) is 3.82. The summed E-state index contributed by atoms with van der Waals surface area (Å²) in [5.74, 6) is 0.0162. The van der Waals surface area contributed by atoms with Crippen molar-refractivity contribution in [1.29, 1.82) is 0 Å². The van der Waals surface area contributed by atoms with E-state index in [1.807, 2.05) is 24.3 Å². The molecule has 0 aliphatic carbocycles. The van der Waals surface area contributed by atoms with E-state index in [-0.39, 0.29) is 11.9 Å². The van der Waals surface area contributed by atoms with Gasteiger partial charge in [0.05, 0.1) is 0 Å². The van der Waals surface area contributed by atoms with Crippen molar-refractivity contribution in [1.82, 2.24) is 14.9 Å². The van der Waals surface area contributed by atoms with Gasteiger partial charge in [-0.25, -0.2) is 4.98 Å². The summed E-state index contributed by atoms with van der Waals surface area (Å²) < 4.78 is 1.51. The maximum Gasteiger partial charge on any atom is 0.253 e. The molecule has 16 heavy (non-hydrogen) atoms. The largest absolute Gasteiger partial charge is 0.298 e. The second-order valence-electron chi connectivity index (χ2n) is 3.82. The summed E-state index contributed by atoms with van der Waals surface area (Å²) in [6.45, 7) is 0.751. The number of fused-ring (bicyclic) bond motifs is 1. The van der Waals surface area contributed by atoms with Gasteiger partial charge in [0.2, 0.25) is 0 Å². The van der Waals surface area contributed by atoms with E-state index in [1.165, 1.54) is 16.5 Å². The van der Waals surface area contributed by atoms with E-state index in [2.05, 4.69) is 10.3 Å². The van der Waals surface area contributed by atoms with Crippen molar-refractivity contribution in [3.05, 3.63) is 54.1 Å². The highest BCUT2D eigenvalue weighted by atomic mass is 16.2. The van der Waals surface area contributed by atoms with Crippen molar-refractivity contribution >= 4 is 5.91 Å². The van der Waals surface area contributed by atoms with Gasteiger partial charge in [-0.3, -0.25) is 14.7 Å². The number of carbonyl (C=O) groups excluding carboxylic acids is 1. The fraction of sp³-hybridized carbons (Fsp3) is 0.167. The molecule has 0 bridgehead atoms. The van der Waals surface area contributed by atoms with Gasteiger partial charge in [0, 0.05) is 18.9 Å². The predicted octanol–water partition coefficient (Wildman–Crippen LogP) is 1.37. The first-order valence-corrected chi connectivity index (χ1v) is 5.19. The van der Waals surface area contributed by atoms with Crippen molar-refractivity contribution in [2.45, 2.75) is 12.6 Å². The third kappa shape index (κ3) is 1.35. The summed E-state index contributed by atoms with van der Waals surface area (Å²) in [7, 11) is 0. The van der Waals surface area contributed by atoms with Crippen LogP contribution in [0, 0.1) is 0 Å². The van der Waals surface area contributed by atoms with E-state index in [1.54, 1.807) is 12.4 Å². The molecule has 4 heteroatoms. The fourth-order valence-corrected chi connectivity index (χ4v) is 2.06. The number of nitrogens with one attached hydrogen (secondary N) is 1. The first kappa shape index (κ1) is 9.30. The van der Waals surface area contributed by atoms with Crippen molar-refractivity contribution in [2.75, 3.05) is 0 Å². The molecule has 0 fully saturated rings. The topological polar surface area (TPSA) is 46.9 Å². The van der Waals surface area contributed by atoms with Crippen LogP contribution in [-0.4, -0.2) is 15.5 Å². The quantitative estimate of drug-likeness (QED) is 0.778. The number of nitrogens with zero attached hydrogens (tertiary/aromatic N) is 2. The average Bonchev–Trinajstić information content (AvgIpc) is 2.98. The third-order valence-electron chi connectivity index (χ3n) is 2.87. The molecule has 3 rings (SSSR count). The Morgan fingerprint density at radius 1 is 1.44 bits per heavy atom. The Morgan fingerprint density at radius 3 is 3.12 bits per heavy atom. The Bertz CT molecular complexity index is 519. The normalized spacial score (nSPS) is 18.4. The minimum atomic E-state index is -0.245. The second kappa shape index (κ2) is 3.57. The molecule has 0 saturated heterocycles. The summed E-state index contributed by atoms with van der Waals surface area (Å²) in [6, 6.07) is 7.74. The standard InChI is InChI=1S/C12H11N3O/c16-12(15-6-5-13-8-15)11-10-4-2-1-3-9(10)7-14-11/h1-6,8,11,14H,7H2. The molecular formula is C12H11N3O. The molecule has 0 spiro atoms. The van der Waals surface area contributed by atoms with Crippen LogP contribution in [0.5, 0.6) is 0 Å². The van der Waals surface area contributed by atoms with Crippen LogP contribution >= 0.6 is 0 Å². The number of rotatable bonds is 1. The van der Waals surface area contributed by atoms with Crippen LogP contribution in [-0.2, 0) is 6.54 Å². The molecule has 1 aliphatic rings. The van der Waals surface area contributed by atoms with Gasteiger partial charge in [0.25, 0.3) is 5.91 Å². The molecule has 1 aromatic carbocycles. The molecule has 1 atom stereocenters. The molecule has 80 valence electrons. The smallest absolute Gasteiger partial charge is 0.253 e. The minimum absolute atomic E-state index is 0.0162. The Morgan fingerprint density at radius 2 is 2.31 bits per heavy atom. The molecule has 4 nitrogen and oxygen atoms in total. The molecule has 0 radical (unpaired) electrons. The van der Waals surface area contributed by atoms with Crippen LogP contribution in [0.1, 0.15) is 22.0 Å². The number of aromatic nitrogens is 2. The van der Waals surface area contributed by atoms with Crippen molar-refractivity contribution in [3.8, 4) is 0 Å². The van der Waals surface area contributed by atoms with Crippen LogP contribution in [0.2, 0.25) is 0 Å². The highest BCUT2D eigenvalue weighted by Gasteiger charge is 2.28. The first-order chi connectivity index (χ1) is 7.86. The van der Waals surface area contributed by atoms with Crippen LogP contribution in [0.15, 0.2) is 43.0 Å². The van der Waals surface area contributed by atoms with E-state index in [4.69, 9.17) is 0 Å². The molecule has 0 saturated carbocycles. The lowest BCUT2D eigenvalue weighted by Gasteiger charge is -2.10. The van der Waals surface area contributed by atoms with E-state index >= 15 is 0 Å². The van der Waals surface area contributed by atoms with Gasteiger partial charge < -0.3 is 0 Å². The van der Waals surface area contributed by atoms with Crippen molar-refractivity contribution in [2.24, 2.45) is 0 Å². The number of imidazole rings is 1. The zero-order valence-electron chi connectivity index (χ0n) is 8.63. The van der Waals surface area contributed by atoms with Gasteiger partial charge >= 0.3 is 0 Å².